The largest absolute Gasteiger partial charge is 0.417 e. The molecule has 1 heterocycles. The lowest BCUT2D eigenvalue weighted by atomic mass is 10.1. The normalized spacial score (nSPS) is 11.6. The maximum Gasteiger partial charge on any atom is 0.417 e. The van der Waals surface area contributed by atoms with Crippen LogP contribution < -0.4 is 0 Å². The lowest BCUT2D eigenvalue weighted by Crippen LogP contribution is -2.10. The zero-order chi connectivity index (χ0) is 13.3. The van der Waals surface area contributed by atoms with Gasteiger partial charge in [-0.1, -0.05) is 0 Å². The maximum absolute atomic E-state index is 12.9. The summed E-state index contributed by atoms with van der Waals surface area (Å²) < 4.78 is 51.1. The predicted octanol–water partition coefficient (Wildman–Crippen LogP) is 2.40. The Morgan fingerprint density at radius 2 is 1.61 bits per heavy atom. The summed E-state index contributed by atoms with van der Waals surface area (Å²) in [4.78, 5) is 0. The third-order valence-corrected chi connectivity index (χ3v) is 2.11. The first-order chi connectivity index (χ1) is 8.38. The summed E-state index contributed by atoms with van der Waals surface area (Å²) in [5, 5.41) is 14.0. The van der Waals surface area contributed by atoms with Crippen LogP contribution in [0.4, 0.5) is 17.6 Å². The number of aromatic nitrogens is 4. The number of aryl methyl sites for hydroxylation is 1. The molecule has 4 nitrogen and oxygen atoms in total. The van der Waals surface area contributed by atoms with Crippen molar-refractivity contribution in [3.63, 3.8) is 0 Å². The number of hydrogen-bond donors (Lipinski definition) is 0. The minimum Gasteiger partial charge on any atom is -0.207 e. The molecule has 1 aromatic heterocycles. The van der Waals surface area contributed by atoms with Crippen molar-refractivity contribution in [3.05, 3.63) is 35.4 Å². The zero-order valence-corrected chi connectivity index (χ0v) is 9.03. The van der Waals surface area contributed by atoms with E-state index < -0.39 is 17.6 Å². The van der Waals surface area contributed by atoms with Crippen LogP contribution in [0.15, 0.2) is 18.2 Å². The van der Waals surface area contributed by atoms with Gasteiger partial charge >= 0.3 is 6.18 Å². The molecule has 0 aliphatic rings. The second-order valence-electron chi connectivity index (χ2n) is 3.46. The van der Waals surface area contributed by atoms with Crippen LogP contribution in [0, 0.1) is 12.7 Å². The van der Waals surface area contributed by atoms with Gasteiger partial charge < -0.3 is 0 Å². The predicted molar refractivity (Wildman–Crippen MR) is 52.8 cm³/mol. The molecule has 94 valence electrons. The van der Waals surface area contributed by atoms with Crippen LogP contribution in [-0.4, -0.2) is 20.4 Å². The van der Waals surface area contributed by atoms with E-state index >= 15 is 0 Å². The molecule has 0 saturated carbocycles. The maximum atomic E-state index is 12.9. The molecule has 1 aromatic carbocycles. The van der Waals surface area contributed by atoms with Crippen molar-refractivity contribution in [2.75, 3.05) is 0 Å². The minimum atomic E-state index is -4.70. The van der Waals surface area contributed by atoms with Crippen molar-refractivity contribution in [1.82, 2.24) is 20.4 Å². The van der Waals surface area contributed by atoms with E-state index in [4.69, 9.17) is 0 Å². The number of benzene rings is 1. The van der Waals surface area contributed by atoms with E-state index in [2.05, 4.69) is 20.4 Å². The molecule has 2 aromatic rings. The second kappa shape index (κ2) is 4.28. The van der Waals surface area contributed by atoms with Gasteiger partial charge in [-0.25, -0.2) is 4.39 Å². The molecule has 0 N–H and O–H groups in total. The molecule has 0 amide bonds. The van der Waals surface area contributed by atoms with Crippen LogP contribution >= 0.6 is 0 Å². The van der Waals surface area contributed by atoms with E-state index in [0.29, 0.717) is 6.07 Å². The highest BCUT2D eigenvalue weighted by Gasteiger charge is 2.35. The van der Waals surface area contributed by atoms with Crippen LogP contribution in [0.3, 0.4) is 0 Å². The second-order valence-corrected chi connectivity index (χ2v) is 3.46. The summed E-state index contributed by atoms with van der Waals surface area (Å²) in [5.41, 5.74) is -1.51. The summed E-state index contributed by atoms with van der Waals surface area (Å²) in [7, 11) is 0. The van der Waals surface area contributed by atoms with E-state index in [-0.39, 0.29) is 17.2 Å². The monoisotopic (exact) mass is 258 g/mol. The Kier molecular flexibility index (Phi) is 2.93. The Balaban J connectivity index is 2.60. The SMILES string of the molecule is Cc1nnc(-c2ccc(F)cc2C(F)(F)F)nn1. The Labute approximate surface area is 98.7 Å². The number of hydrogen-bond acceptors (Lipinski definition) is 4. The van der Waals surface area contributed by atoms with E-state index in [1.807, 2.05) is 0 Å². The van der Waals surface area contributed by atoms with Crippen LogP contribution in [0.1, 0.15) is 11.4 Å². The average molecular weight is 258 g/mol. The molecule has 0 spiro atoms. The summed E-state index contributed by atoms with van der Waals surface area (Å²) in [6.45, 7) is 1.50. The number of rotatable bonds is 1. The minimum absolute atomic E-state index is 0.231. The average Bonchev–Trinajstić information content (AvgIpc) is 2.29. The summed E-state index contributed by atoms with van der Waals surface area (Å²) in [6.07, 6.45) is -4.70. The van der Waals surface area contributed by atoms with Crippen LogP contribution in [0.25, 0.3) is 11.4 Å². The molecule has 0 unspecified atom stereocenters. The zero-order valence-electron chi connectivity index (χ0n) is 9.03. The highest BCUT2D eigenvalue weighted by molar-refractivity contribution is 5.60. The van der Waals surface area contributed by atoms with Crippen LogP contribution in [0.2, 0.25) is 0 Å². The van der Waals surface area contributed by atoms with Gasteiger partial charge in [0.1, 0.15) is 5.82 Å². The molecule has 0 saturated heterocycles. The third-order valence-electron chi connectivity index (χ3n) is 2.11. The first kappa shape index (κ1) is 12.3. The van der Waals surface area contributed by atoms with Gasteiger partial charge in [0.25, 0.3) is 0 Å². The molecule has 0 atom stereocenters. The van der Waals surface area contributed by atoms with E-state index in [0.717, 1.165) is 12.1 Å². The topological polar surface area (TPSA) is 51.6 Å². The van der Waals surface area contributed by atoms with Crippen molar-refractivity contribution < 1.29 is 17.6 Å². The van der Waals surface area contributed by atoms with Crippen molar-refractivity contribution in [2.24, 2.45) is 0 Å². The molecule has 0 aliphatic heterocycles. The third kappa shape index (κ3) is 2.41. The lowest BCUT2D eigenvalue weighted by molar-refractivity contribution is -0.137. The molecular formula is C10H6F4N4. The smallest absolute Gasteiger partial charge is 0.207 e. The van der Waals surface area contributed by atoms with Crippen molar-refractivity contribution in [3.8, 4) is 11.4 Å². The van der Waals surface area contributed by atoms with Crippen molar-refractivity contribution >= 4 is 0 Å². The Morgan fingerprint density at radius 1 is 1.00 bits per heavy atom. The standard InChI is InChI=1S/C10H6F4N4/c1-5-15-17-9(18-16-5)7-3-2-6(11)4-8(7)10(12,13)14/h2-4H,1H3. The van der Waals surface area contributed by atoms with Crippen molar-refractivity contribution in [1.29, 1.82) is 0 Å². The molecular weight excluding hydrogens is 252 g/mol. The van der Waals surface area contributed by atoms with Gasteiger partial charge in [-0.15, -0.1) is 20.4 Å². The molecule has 8 heteroatoms. The van der Waals surface area contributed by atoms with E-state index in [1.54, 1.807) is 0 Å². The number of alkyl halides is 3. The van der Waals surface area contributed by atoms with Gasteiger partial charge in [-0.05, 0) is 25.1 Å². The van der Waals surface area contributed by atoms with Gasteiger partial charge in [0.2, 0.25) is 5.82 Å². The van der Waals surface area contributed by atoms with Gasteiger partial charge in [0.15, 0.2) is 5.82 Å². The molecule has 0 aliphatic carbocycles. The molecule has 2 rings (SSSR count). The summed E-state index contributed by atoms with van der Waals surface area (Å²) >= 11 is 0. The Bertz CT molecular complexity index is 565. The lowest BCUT2D eigenvalue weighted by Gasteiger charge is -2.11. The summed E-state index contributed by atoms with van der Waals surface area (Å²) in [5.74, 6) is -1.05. The quantitative estimate of drug-likeness (QED) is 0.737. The van der Waals surface area contributed by atoms with Crippen LogP contribution in [0.5, 0.6) is 0 Å². The number of nitrogens with zero attached hydrogens (tertiary/aromatic N) is 4. The van der Waals surface area contributed by atoms with Crippen molar-refractivity contribution in [2.45, 2.75) is 13.1 Å². The fourth-order valence-corrected chi connectivity index (χ4v) is 1.33. The van der Waals surface area contributed by atoms with Gasteiger partial charge in [-0.3, -0.25) is 0 Å². The summed E-state index contributed by atoms with van der Waals surface area (Å²) in [6, 6.07) is 2.23. The first-order valence-corrected chi connectivity index (χ1v) is 4.79. The molecule has 18 heavy (non-hydrogen) atoms. The molecule has 0 fully saturated rings. The van der Waals surface area contributed by atoms with E-state index in [1.165, 1.54) is 6.92 Å². The molecule has 0 bridgehead atoms. The Morgan fingerprint density at radius 3 is 2.17 bits per heavy atom. The fraction of sp³-hybridized carbons (Fsp3) is 0.200. The van der Waals surface area contributed by atoms with Gasteiger partial charge in [0.05, 0.1) is 5.56 Å². The fourth-order valence-electron chi connectivity index (χ4n) is 1.33. The number of halogens is 4. The molecule has 0 radical (unpaired) electrons. The van der Waals surface area contributed by atoms with E-state index in [9.17, 15) is 17.6 Å². The van der Waals surface area contributed by atoms with Gasteiger partial charge in [-0.2, -0.15) is 13.2 Å². The van der Waals surface area contributed by atoms with Crippen LogP contribution in [-0.2, 0) is 6.18 Å². The highest BCUT2D eigenvalue weighted by atomic mass is 19.4. The Hall–Kier alpha value is -2.12. The first-order valence-electron chi connectivity index (χ1n) is 4.79. The highest BCUT2D eigenvalue weighted by Crippen LogP contribution is 2.35. The van der Waals surface area contributed by atoms with Gasteiger partial charge in [0, 0.05) is 5.56 Å².